The number of ether oxygens (including phenoxy) is 4. The highest BCUT2D eigenvalue weighted by Gasteiger charge is 2.24. The molecule has 0 saturated heterocycles. The van der Waals surface area contributed by atoms with Crippen LogP contribution in [0, 0.1) is 0 Å². The van der Waals surface area contributed by atoms with Gasteiger partial charge in [0.1, 0.15) is 22.6 Å². The number of carbonyl (C=O) groups is 1. The van der Waals surface area contributed by atoms with Crippen molar-refractivity contribution in [3.05, 3.63) is 77.4 Å². The SMILES string of the molecule is COc1ccc(CNC(=O)c2c(N)n(N=Cc3cc(OC)c(OC)c(OC)c3)c3nc4ccccc4nc23)cc1. The van der Waals surface area contributed by atoms with Crippen LogP contribution in [0.4, 0.5) is 5.82 Å². The summed E-state index contributed by atoms with van der Waals surface area (Å²) in [4.78, 5) is 22.9. The van der Waals surface area contributed by atoms with Crippen LogP contribution in [0.15, 0.2) is 65.8 Å². The van der Waals surface area contributed by atoms with Gasteiger partial charge in [-0.2, -0.15) is 9.78 Å². The van der Waals surface area contributed by atoms with Crippen molar-refractivity contribution in [3.63, 3.8) is 0 Å². The fourth-order valence-corrected chi connectivity index (χ4v) is 4.30. The third-order valence-corrected chi connectivity index (χ3v) is 6.32. The largest absolute Gasteiger partial charge is 0.497 e. The smallest absolute Gasteiger partial charge is 0.257 e. The van der Waals surface area contributed by atoms with Gasteiger partial charge in [-0.25, -0.2) is 9.97 Å². The maximum Gasteiger partial charge on any atom is 0.257 e. The van der Waals surface area contributed by atoms with Crippen molar-refractivity contribution in [2.24, 2.45) is 5.10 Å². The quantitative estimate of drug-likeness (QED) is 0.268. The fourth-order valence-electron chi connectivity index (χ4n) is 4.30. The normalized spacial score (nSPS) is 11.2. The summed E-state index contributed by atoms with van der Waals surface area (Å²) in [5.74, 6) is 1.83. The Kier molecular flexibility index (Phi) is 7.36. The van der Waals surface area contributed by atoms with E-state index in [1.165, 1.54) is 26.0 Å². The van der Waals surface area contributed by atoms with E-state index in [2.05, 4.69) is 10.4 Å². The number of carbonyl (C=O) groups excluding carboxylic acids is 1. The van der Waals surface area contributed by atoms with Crippen molar-refractivity contribution < 1.29 is 23.7 Å². The number of aromatic nitrogens is 3. The molecule has 40 heavy (non-hydrogen) atoms. The number of hydrogen-bond acceptors (Lipinski definition) is 9. The first-order valence-electron chi connectivity index (χ1n) is 12.3. The Morgan fingerprint density at radius 1 is 0.925 bits per heavy atom. The molecule has 204 valence electrons. The number of nitrogens with one attached hydrogen (secondary N) is 1. The summed E-state index contributed by atoms with van der Waals surface area (Å²) in [5, 5.41) is 7.50. The van der Waals surface area contributed by atoms with Gasteiger partial charge in [-0.05, 0) is 42.0 Å². The number of anilines is 1. The molecular formula is C29H28N6O5. The van der Waals surface area contributed by atoms with Crippen molar-refractivity contribution in [1.82, 2.24) is 20.0 Å². The Hall–Kier alpha value is -5.32. The monoisotopic (exact) mass is 540 g/mol. The van der Waals surface area contributed by atoms with Gasteiger partial charge in [-0.15, -0.1) is 0 Å². The Bertz CT molecular complexity index is 1700. The maximum absolute atomic E-state index is 13.4. The van der Waals surface area contributed by atoms with E-state index in [0.29, 0.717) is 45.0 Å². The molecule has 2 heterocycles. The molecule has 0 aliphatic carbocycles. The number of methoxy groups -OCH3 is 4. The lowest BCUT2D eigenvalue weighted by atomic mass is 10.2. The molecule has 3 aromatic carbocycles. The lowest BCUT2D eigenvalue weighted by Gasteiger charge is -2.12. The molecule has 0 fully saturated rings. The number of nitrogen functional groups attached to an aromatic ring is 1. The Morgan fingerprint density at radius 3 is 2.17 bits per heavy atom. The molecule has 5 rings (SSSR count). The molecule has 3 N–H and O–H groups in total. The molecule has 0 aliphatic heterocycles. The molecular weight excluding hydrogens is 512 g/mol. The van der Waals surface area contributed by atoms with E-state index in [4.69, 9.17) is 34.6 Å². The number of amides is 1. The first kappa shape index (κ1) is 26.3. The number of benzene rings is 3. The summed E-state index contributed by atoms with van der Waals surface area (Å²) in [7, 11) is 6.20. The van der Waals surface area contributed by atoms with Gasteiger partial charge in [0.15, 0.2) is 17.1 Å². The summed E-state index contributed by atoms with van der Waals surface area (Å²) < 4.78 is 22.9. The van der Waals surface area contributed by atoms with Gasteiger partial charge >= 0.3 is 0 Å². The second-order valence-electron chi connectivity index (χ2n) is 8.69. The molecule has 1 amide bonds. The highest BCUT2D eigenvalue weighted by Crippen LogP contribution is 2.38. The van der Waals surface area contributed by atoms with Crippen LogP contribution in [0.3, 0.4) is 0 Å². The highest BCUT2D eigenvalue weighted by atomic mass is 16.5. The predicted molar refractivity (Wildman–Crippen MR) is 153 cm³/mol. The first-order chi connectivity index (χ1) is 19.5. The standard InChI is InChI=1S/C29H28N6O5/c1-37-19-11-9-17(10-12-19)15-31-29(36)24-25-28(34-21-8-6-5-7-20(21)33-25)35(27(24)30)32-16-18-13-22(38-2)26(40-4)23(14-18)39-3/h5-14,16H,15,30H2,1-4H3,(H,31,36). The minimum absolute atomic E-state index is 0.0984. The third kappa shape index (κ3) is 4.92. The van der Waals surface area contributed by atoms with E-state index < -0.39 is 5.91 Å². The van der Waals surface area contributed by atoms with Crippen LogP contribution < -0.4 is 30.0 Å². The Labute approximate surface area is 230 Å². The molecule has 11 nitrogen and oxygen atoms in total. The molecule has 11 heteroatoms. The van der Waals surface area contributed by atoms with E-state index in [1.807, 2.05) is 48.5 Å². The van der Waals surface area contributed by atoms with Crippen molar-refractivity contribution >= 4 is 40.1 Å². The molecule has 2 aromatic heterocycles. The van der Waals surface area contributed by atoms with Crippen LogP contribution in [0.5, 0.6) is 23.0 Å². The maximum atomic E-state index is 13.4. The average molecular weight is 541 g/mol. The Balaban J connectivity index is 1.57. The van der Waals surface area contributed by atoms with E-state index >= 15 is 0 Å². The second kappa shape index (κ2) is 11.2. The van der Waals surface area contributed by atoms with E-state index in [0.717, 1.165) is 11.3 Å². The van der Waals surface area contributed by atoms with Crippen molar-refractivity contribution in [1.29, 1.82) is 0 Å². The molecule has 5 aromatic rings. The zero-order chi connectivity index (χ0) is 28.2. The van der Waals surface area contributed by atoms with Crippen LogP contribution >= 0.6 is 0 Å². The van der Waals surface area contributed by atoms with Crippen molar-refractivity contribution in [2.45, 2.75) is 6.54 Å². The molecule has 0 aliphatic rings. The fraction of sp³-hybridized carbons (Fsp3) is 0.172. The highest BCUT2D eigenvalue weighted by molar-refractivity contribution is 6.10. The third-order valence-electron chi connectivity index (χ3n) is 6.32. The number of rotatable bonds is 9. The zero-order valence-electron chi connectivity index (χ0n) is 22.5. The van der Waals surface area contributed by atoms with Crippen LogP contribution in [-0.2, 0) is 6.54 Å². The summed E-state index contributed by atoms with van der Waals surface area (Å²) in [5.41, 5.74) is 10.2. The van der Waals surface area contributed by atoms with Crippen molar-refractivity contribution in [3.8, 4) is 23.0 Å². The second-order valence-corrected chi connectivity index (χ2v) is 8.69. The van der Waals surface area contributed by atoms with Gasteiger partial charge in [-0.3, -0.25) is 4.79 Å². The number of fused-ring (bicyclic) bond motifs is 2. The molecule has 0 radical (unpaired) electrons. The summed E-state index contributed by atoms with van der Waals surface area (Å²) in [6, 6.07) is 18.3. The Morgan fingerprint density at radius 2 is 1.57 bits per heavy atom. The van der Waals surface area contributed by atoms with Gasteiger partial charge in [-0.1, -0.05) is 24.3 Å². The topological polar surface area (TPSA) is 135 Å². The van der Waals surface area contributed by atoms with Gasteiger partial charge in [0.05, 0.1) is 45.7 Å². The number of nitrogens with two attached hydrogens (primary N) is 1. The van der Waals surface area contributed by atoms with Crippen molar-refractivity contribution in [2.75, 3.05) is 34.2 Å². The summed E-state index contributed by atoms with van der Waals surface area (Å²) in [6.45, 7) is 0.282. The molecule has 0 atom stereocenters. The van der Waals surface area contributed by atoms with Gasteiger partial charge in [0.25, 0.3) is 5.91 Å². The first-order valence-corrected chi connectivity index (χ1v) is 12.3. The van der Waals surface area contributed by atoms with E-state index in [9.17, 15) is 4.79 Å². The lowest BCUT2D eigenvalue weighted by molar-refractivity contribution is 0.0953. The molecule has 0 spiro atoms. The molecule has 0 saturated carbocycles. The van der Waals surface area contributed by atoms with Crippen LogP contribution in [0.25, 0.3) is 22.2 Å². The average Bonchev–Trinajstić information content (AvgIpc) is 3.26. The van der Waals surface area contributed by atoms with Gasteiger partial charge in [0, 0.05) is 12.1 Å². The minimum Gasteiger partial charge on any atom is -0.497 e. The van der Waals surface area contributed by atoms with E-state index in [1.54, 1.807) is 25.5 Å². The zero-order valence-corrected chi connectivity index (χ0v) is 22.5. The van der Waals surface area contributed by atoms with Gasteiger partial charge in [0.2, 0.25) is 5.75 Å². The molecule has 0 unspecified atom stereocenters. The van der Waals surface area contributed by atoms with Crippen LogP contribution in [-0.4, -0.2) is 55.2 Å². The lowest BCUT2D eigenvalue weighted by Crippen LogP contribution is -2.23. The van der Waals surface area contributed by atoms with Gasteiger partial charge < -0.3 is 30.0 Å². The van der Waals surface area contributed by atoms with E-state index in [-0.39, 0.29) is 17.9 Å². The summed E-state index contributed by atoms with van der Waals surface area (Å²) >= 11 is 0. The van der Waals surface area contributed by atoms with Crippen LogP contribution in [0.1, 0.15) is 21.5 Å². The summed E-state index contributed by atoms with van der Waals surface area (Å²) in [6.07, 6.45) is 1.57. The minimum atomic E-state index is -0.398. The number of nitrogens with zero attached hydrogens (tertiary/aromatic N) is 4. The molecule has 0 bridgehead atoms. The number of hydrogen-bond donors (Lipinski definition) is 2. The van der Waals surface area contributed by atoms with Crippen LogP contribution in [0.2, 0.25) is 0 Å². The number of para-hydroxylation sites is 2. The predicted octanol–water partition coefficient (Wildman–Crippen LogP) is 4.01.